The van der Waals surface area contributed by atoms with Gasteiger partial charge in [0.05, 0.1) is 0 Å². The van der Waals surface area contributed by atoms with Gasteiger partial charge in [-0.1, -0.05) is 35.5 Å². The van der Waals surface area contributed by atoms with Crippen molar-refractivity contribution in [1.82, 2.24) is 0 Å². The lowest BCUT2D eigenvalue weighted by molar-refractivity contribution is 0.131. The van der Waals surface area contributed by atoms with Crippen molar-refractivity contribution in [3.8, 4) is 6.07 Å². The molecule has 3 nitrogen and oxygen atoms in total. The fourth-order valence-electron chi connectivity index (χ4n) is 0.798. The molecule has 3 heteroatoms. The molecule has 0 saturated carbocycles. The summed E-state index contributed by atoms with van der Waals surface area (Å²) in [6, 6.07) is 11.6. The molecular formula is C10H10N2O. The molecular weight excluding hydrogens is 164 g/mol. The number of benzene rings is 1. The van der Waals surface area contributed by atoms with Crippen molar-refractivity contribution in [2.24, 2.45) is 5.16 Å². The van der Waals surface area contributed by atoms with Crippen molar-refractivity contribution < 1.29 is 4.84 Å². The van der Waals surface area contributed by atoms with E-state index >= 15 is 0 Å². The van der Waals surface area contributed by atoms with Crippen molar-refractivity contribution in [1.29, 1.82) is 5.26 Å². The summed E-state index contributed by atoms with van der Waals surface area (Å²) in [6.45, 7) is 2.00. The molecule has 0 saturated heterocycles. The third-order valence-electron chi connectivity index (χ3n) is 1.44. The molecule has 0 spiro atoms. The summed E-state index contributed by atoms with van der Waals surface area (Å²) in [5.41, 5.74) is 1.37. The minimum absolute atomic E-state index is 0.330. The standard InChI is InChI=1S/C10H10N2O/c1-9(7-11)12-13-8-10-5-3-2-4-6-10/h2-6H,8H2,1H3/b12-9-. The van der Waals surface area contributed by atoms with Gasteiger partial charge in [-0.3, -0.25) is 0 Å². The number of oxime groups is 1. The SMILES string of the molecule is C/C(C#N)=N/OCc1ccccc1. The van der Waals surface area contributed by atoms with Gasteiger partial charge in [0, 0.05) is 0 Å². The average molecular weight is 174 g/mol. The van der Waals surface area contributed by atoms with E-state index in [2.05, 4.69) is 5.16 Å². The smallest absolute Gasteiger partial charge is 0.153 e. The van der Waals surface area contributed by atoms with Crippen molar-refractivity contribution in [3.05, 3.63) is 35.9 Å². The highest BCUT2D eigenvalue weighted by molar-refractivity contribution is 5.95. The van der Waals surface area contributed by atoms with E-state index in [1.54, 1.807) is 6.92 Å². The van der Waals surface area contributed by atoms with Gasteiger partial charge in [-0.05, 0) is 12.5 Å². The van der Waals surface area contributed by atoms with Crippen LogP contribution in [0.3, 0.4) is 0 Å². The summed E-state index contributed by atoms with van der Waals surface area (Å²) >= 11 is 0. The Labute approximate surface area is 77.2 Å². The highest BCUT2D eigenvalue weighted by atomic mass is 16.6. The Morgan fingerprint density at radius 3 is 2.77 bits per heavy atom. The summed E-state index contributed by atoms with van der Waals surface area (Å²) in [7, 11) is 0. The maximum Gasteiger partial charge on any atom is 0.153 e. The Morgan fingerprint density at radius 1 is 1.46 bits per heavy atom. The molecule has 1 aromatic carbocycles. The summed E-state index contributed by atoms with van der Waals surface area (Å²) in [5, 5.41) is 12.0. The van der Waals surface area contributed by atoms with Crippen LogP contribution in [0.4, 0.5) is 0 Å². The third kappa shape index (κ3) is 3.39. The number of hydrogen-bond donors (Lipinski definition) is 0. The molecule has 0 aromatic heterocycles. The van der Waals surface area contributed by atoms with Gasteiger partial charge in [-0.25, -0.2) is 0 Å². The van der Waals surface area contributed by atoms with Gasteiger partial charge in [0.2, 0.25) is 0 Å². The van der Waals surface area contributed by atoms with Crippen LogP contribution in [-0.2, 0) is 11.4 Å². The second kappa shape index (κ2) is 4.94. The van der Waals surface area contributed by atoms with Crippen LogP contribution < -0.4 is 0 Å². The number of rotatable bonds is 3. The fraction of sp³-hybridized carbons (Fsp3) is 0.200. The molecule has 0 amide bonds. The number of nitrogens with zero attached hydrogens (tertiary/aromatic N) is 2. The largest absolute Gasteiger partial charge is 0.390 e. The summed E-state index contributed by atoms with van der Waals surface area (Å²) in [4.78, 5) is 4.94. The van der Waals surface area contributed by atoms with Crippen molar-refractivity contribution >= 4 is 5.71 Å². The Hall–Kier alpha value is -1.82. The van der Waals surface area contributed by atoms with Gasteiger partial charge in [0.15, 0.2) is 5.71 Å². The summed E-state index contributed by atoms with van der Waals surface area (Å²) < 4.78 is 0. The molecule has 0 aliphatic heterocycles. The third-order valence-corrected chi connectivity index (χ3v) is 1.44. The van der Waals surface area contributed by atoms with Crippen LogP contribution in [0.15, 0.2) is 35.5 Å². The molecule has 1 rings (SSSR count). The van der Waals surface area contributed by atoms with E-state index in [9.17, 15) is 0 Å². The van der Waals surface area contributed by atoms with Crippen molar-refractivity contribution in [2.45, 2.75) is 13.5 Å². The molecule has 0 radical (unpaired) electrons. The first-order valence-corrected chi connectivity index (χ1v) is 3.93. The van der Waals surface area contributed by atoms with Crippen LogP contribution >= 0.6 is 0 Å². The van der Waals surface area contributed by atoms with Crippen LogP contribution in [0.5, 0.6) is 0 Å². The van der Waals surface area contributed by atoms with Crippen molar-refractivity contribution in [2.75, 3.05) is 0 Å². The molecule has 0 N–H and O–H groups in total. The summed E-state index contributed by atoms with van der Waals surface area (Å²) in [6.07, 6.45) is 0. The molecule has 0 aliphatic rings. The monoisotopic (exact) mass is 174 g/mol. The lowest BCUT2D eigenvalue weighted by atomic mass is 10.2. The predicted octanol–water partition coefficient (Wildman–Crippen LogP) is 2.10. The van der Waals surface area contributed by atoms with Gasteiger partial charge >= 0.3 is 0 Å². The van der Waals surface area contributed by atoms with Gasteiger partial charge < -0.3 is 4.84 Å². The van der Waals surface area contributed by atoms with E-state index in [4.69, 9.17) is 10.1 Å². The first-order valence-electron chi connectivity index (χ1n) is 3.93. The van der Waals surface area contributed by atoms with Crippen LogP contribution in [0.2, 0.25) is 0 Å². The van der Waals surface area contributed by atoms with E-state index < -0.39 is 0 Å². The Bertz CT molecular complexity index is 325. The Balaban J connectivity index is 2.41. The highest BCUT2D eigenvalue weighted by Gasteiger charge is 1.90. The fourth-order valence-corrected chi connectivity index (χ4v) is 0.798. The summed E-state index contributed by atoms with van der Waals surface area (Å²) in [5.74, 6) is 0. The Kier molecular flexibility index (Phi) is 3.52. The number of hydrogen-bond acceptors (Lipinski definition) is 3. The second-order valence-corrected chi connectivity index (χ2v) is 2.55. The van der Waals surface area contributed by atoms with Crippen LogP contribution in [0, 0.1) is 11.3 Å². The minimum atomic E-state index is 0.330. The molecule has 0 fully saturated rings. The molecule has 0 bridgehead atoms. The van der Waals surface area contributed by atoms with E-state index in [0.29, 0.717) is 12.3 Å². The van der Waals surface area contributed by atoms with Crippen LogP contribution in [-0.4, -0.2) is 5.71 Å². The van der Waals surface area contributed by atoms with E-state index in [-0.39, 0.29) is 0 Å². The lowest BCUT2D eigenvalue weighted by Crippen LogP contribution is -1.90. The molecule has 0 aliphatic carbocycles. The zero-order valence-electron chi connectivity index (χ0n) is 7.40. The number of nitriles is 1. The molecule has 1 aromatic rings. The van der Waals surface area contributed by atoms with E-state index in [1.807, 2.05) is 36.4 Å². The zero-order chi connectivity index (χ0) is 9.52. The van der Waals surface area contributed by atoms with Crippen LogP contribution in [0.25, 0.3) is 0 Å². The van der Waals surface area contributed by atoms with Crippen molar-refractivity contribution in [3.63, 3.8) is 0 Å². The first-order chi connectivity index (χ1) is 6.33. The van der Waals surface area contributed by atoms with Gasteiger partial charge in [-0.15, -0.1) is 0 Å². The molecule has 13 heavy (non-hydrogen) atoms. The maximum atomic E-state index is 8.37. The molecule has 0 atom stereocenters. The van der Waals surface area contributed by atoms with Gasteiger partial charge in [-0.2, -0.15) is 5.26 Å². The normalized spacial score (nSPS) is 10.6. The maximum absolute atomic E-state index is 8.37. The molecule has 0 unspecified atom stereocenters. The predicted molar refractivity (Wildman–Crippen MR) is 50.0 cm³/mol. The molecule has 66 valence electrons. The Morgan fingerprint density at radius 2 is 2.15 bits per heavy atom. The minimum Gasteiger partial charge on any atom is -0.390 e. The van der Waals surface area contributed by atoms with E-state index in [0.717, 1.165) is 5.56 Å². The first kappa shape index (κ1) is 9.27. The van der Waals surface area contributed by atoms with E-state index in [1.165, 1.54) is 0 Å². The highest BCUT2D eigenvalue weighted by Crippen LogP contribution is 2.00. The molecule has 0 heterocycles. The average Bonchev–Trinajstić information content (AvgIpc) is 2.19. The quantitative estimate of drug-likeness (QED) is 0.520. The second-order valence-electron chi connectivity index (χ2n) is 2.55. The van der Waals surface area contributed by atoms with Crippen LogP contribution in [0.1, 0.15) is 12.5 Å². The van der Waals surface area contributed by atoms with Gasteiger partial charge in [0.1, 0.15) is 12.7 Å². The van der Waals surface area contributed by atoms with Gasteiger partial charge in [0.25, 0.3) is 0 Å². The zero-order valence-corrected chi connectivity index (χ0v) is 7.40. The topological polar surface area (TPSA) is 45.4 Å². The lowest BCUT2D eigenvalue weighted by Gasteiger charge is -1.98.